The molecule has 194 valence electrons. The summed E-state index contributed by atoms with van der Waals surface area (Å²) >= 11 is 0. The van der Waals surface area contributed by atoms with Crippen molar-refractivity contribution >= 4 is 5.97 Å². The van der Waals surface area contributed by atoms with Gasteiger partial charge in [-0.15, -0.1) is 0 Å². The van der Waals surface area contributed by atoms with E-state index in [4.69, 9.17) is 25.2 Å². The molecule has 7 heteroatoms. The summed E-state index contributed by atoms with van der Waals surface area (Å²) in [6.45, 7) is 2.49. The first-order valence-corrected chi connectivity index (χ1v) is 12.9. The third kappa shape index (κ3) is 31.5. The summed E-state index contributed by atoms with van der Waals surface area (Å²) in [6.07, 6.45) is 19.0. The highest BCUT2D eigenvalue weighted by atomic mass is 16.5. The minimum absolute atomic E-state index is 0.0278. The summed E-state index contributed by atoms with van der Waals surface area (Å²) in [6, 6.07) is 0. The van der Waals surface area contributed by atoms with E-state index in [0.717, 1.165) is 12.8 Å². The first-order valence-electron chi connectivity index (χ1n) is 12.9. The summed E-state index contributed by atoms with van der Waals surface area (Å²) < 4.78 is 9.50. The second-order valence-electron chi connectivity index (χ2n) is 8.28. The monoisotopic (exact) mass is 464 g/mol. The van der Waals surface area contributed by atoms with Crippen LogP contribution in [0.3, 0.4) is 0 Å². The summed E-state index contributed by atoms with van der Waals surface area (Å²) in [5, 5.41) is 33.9. The number of hydrogen-bond acceptors (Lipinski definition) is 7. The van der Waals surface area contributed by atoms with Gasteiger partial charge < -0.3 is 29.9 Å². The number of ether oxygens (including phenoxy) is 2. The largest absolute Gasteiger partial charge is 0.463 e. The van der Waals surface area contributed by atoms with Gasteiger partial charge in [0.2, 0.25) is 0 Å². The molecule has 0 bridgehead atoms. The molecule has 0 rings (SSSR count). The van der Waals surface area contributed by atoms with Gasteiger partial charge in [0.15, 0.2) is 0 Å². The van der Waals surface area contributed by atoms with Crippen LogP contribution in [0.4, 0.5) is 0 Å². The molecule has 0 amide bonds. The van der Waals surface area contributed by atoms with E-state index in [2.05, 4.69) is 11.7 Å². The van der Waals surface area contributed by atoms with E-state index >= 15 is 0 Å². The van der Waals surface area contributed by atoms with Gasteiger partial charge in [0.05, 0.1) is 33.0 Å². The Balaban J connectivity index is 0. The van der Waals surface area contributed by atoms with Crippen molar-refractivity contribution in [1.29, 1.82) is 0 Å². The molecule has 1 atom stereocenters. The molecular weight excluding hydrogens is 412 g/mol. The van der Waals surface area contributed by atoms with Crippen LogP contribution in [0, 0.1) is 0 Å². The van der Waals surface area contributed by atoms with Crippen LogP contribution < -0.4 is 0 Å². The predicted octanol–water partition coefficient (Wildman–Crippen LogP) is 4.13. The van der Waals surface area contributed by atoms with E-state index in [9.17, 15) is 4.79 Å². The van der Waals surface area contributed by atoms with Crippen molar-refractivity contribution in [3.8, 4) is 0 Å². The first kappa shape index (κ1) is 33.4. The molecule has 0 saturated heterocycles. The van der Waals surface area contributed by atoms with Crippen LogP contribution in [0.1, 0.15) is 110 Å². The Morgan fingerprint density at radius 2 is 1.09 bits per heavy atom. The van der Waals surface area contributed by atoms with E-state index in [-0.39, 0.29) is 32.4 Å². The van der Waals surface area contributed by atoms with E-state index in [1.165, 1.54) is 83.5 Å². The summed E-state index contributed by atoms with van der Waals surface area (Å²) in [7, 11) is 0. The minimum Gasteiger partial charge on any atom is -0.463 e. The number of aliphatic hydroxyl groups is 4. The van der Waals surface area contributed by atoms with Crippen molar-refractivity contribution in [2.75, 3.05) is 39.6 Å². The molecule has 4 N–H and O–H groups in total. The van der Waals surface area contributed by atoms with Crippen LogP contribution in [0.25, 0.3) is 0 Å². The number of aliphatic hydroxyl groups excluding tert-OH is 4. The van der Waals surface area contributed by atoms with Crippen molar-refractivity contribution in [3.05, 3.63) is 0 Å². The lowest BCUT2D eigenvalue weighted by Crippen LogP contribution is -2.21. The van der Waals surface area contributed by atoms with Gasteiger partial charge in [0, 0.05) is 6.42 Å². The van der Waals surface area contributed by atoms with Crippen LogP contribution >= 0.6 is 0 Å². The Bertz CT molecular complexity index is 349. The van der Waals surface area contributed by atoms with Crippen molar-refractivity contribution in [2.24, 2.45) is 0 Å². The third-order valence-corrected chi connectivity index (χ3v) is 5.10. The average Bonchev–Trinajstić information content (AvgIpc) is 2.80. The van der Waals surface area contributed by atoms with Crippen LogP contribution in [0.2, 0.25) is 0 Å². The maximum Gasteiger partial charge on any atom is 0.305 e. The van der Waals surface area contributed by atoms with Gasteiger partial charge in [0.1, 0.15) is 12.7 Å². The van der Waals surface area contributed by atoms with Gasteiger partial charge in [-0.3, -0.25) is 4.79 Å². The highest BCUT2D eigenvalue weighted by Crippen LogP contribution is 2.13. The molecule has 0 aliphatic rings. The molecule has 0 aliphatic carbocycles. The molecule has 0 spiro atoms. The highest BCUT2D eigenvalue weighted by molar-refractivity contribution is 5.69. The van der Waals surface area contributed by atoms with E-state index < -0.39 is 6.10 Å². The zero-order valence-electron chi connectivity index (χ0n) is 20.6. The lowest BCUT2D eigenvalue weighted by atomic mass is 10.0. The number of rotatable bonds is 23. The molecule has 0 aliphatic heterocycles. The molecule has 32 heavy (non-hydrogen) atoms. The van der Waals surface area contributed by atoms with Gasteiger partial charge in [0.25, 0.3) is 0 Å². The van der Waals surface area contributed by atoms with Crippen LogP contribution in [0.15, 0.2) is 0 Å². The molecule has 0 heterocycles. The van der Waals surface area contributed by atoms with Gasteiger partial charge >= 0.3 is 5.97 Å². The fraction of sp³-hybridized carbons (Fsp3) is 0.960. The van der Waals surface area contributed by atoms with Gasteiger partial charge in [-0.25, -0.2) is 0 Å². The third-order valence-electron chi connectivity index (χ3n) is 5.10. The average molecular weight is 465 g/mol. The quantitative estimate of drug-likeness (QED) is 0.133. The van der Waals surface area contributed by atoms with Gasteiger partial charge in [-0.2, -0.15) is 0 Å². The molecular formula is C25H52O7. The van der Waals surface area contributed by atoms with Crippen molar-refractivity contribution in [1.82, 2.24) is 0 Å². The number of hydrogen-bond donors (Lipinski definition) is 4. The number of carbonyl (C=O) groups is 1. The first-order chi connectivity index (χ1) is 15.6. The zero-order valence-corrected chi connectivity index (χ0v) is 20.6. The summed E-state index contributed by atoms with van der Waals surface area (Å²) in [5.74, 6) is -0.276. The van der Waals surface area contributed by atoms with Crippen molar-refractivity contribution < 1.29 is 34.7 Å². The Labute approximate surface area is 196 Å². The Kier molecular flexibility index (Phi) is 31.6. The van der Waals surface area contributed by atoms with E-state index in [1.54, 1.807) is 0 Å². The molecule has 7 nitrogen and oxygen atoms in total. The summed E-state index contributed by atoms with van der Waals surface area (Å²) in [5.41, 5.74) is 0. The summed E-state index contributed by atoms with van der Waals surface area (Å²) in [4.78, 5) is 11.4. The zero-order chi connectivity index (χ0) is 24.1. The predicted molar refractivity (Wildman–Crippen MR) is 129 cm³/mol. The normalized spacial score (nSPS) is 11.7. The molecule has 0 saturated carbocycles. The lowest BCUT2D eigenvalue weighted by molar-refractivity contribution is -0.147. The second kappa shape index (κ2) is 30.3. The molecule has 0 radical (unpaired) electrons. The van der Waals surface area contributed by atoms with Gasteiger partial charge in [-0.1, -0.05) is 96.8 Å². The number of unbranched alkanes of at least 4 members (excludes halogenated alkanes) is 14. The van der Waals surface area contributed by atoms with Crippen LogP contribution in [0.5, 0.6) is 0 Å². The van der Waals surface area contributed by atoms with E-state index in [0.29, 0.717) is 19.6 Å². The molecule has 1 unspecified atom stereocenters. The Morgan fingerprint density at radius 3 is 1.47 bits per heavy atom. The Morgan fingerprint density at radius 1 is 0.688 bits per heavy atom. The lowest BCUT2D eigenvalue weighted by Gasteiger charge is -2.08. The van der Waals surface area contributed by atoms with Crippen molar-refractivity contribution in [3.63, 3.8) is 0 Å². The minimum atomic E-state index is -0.954. The number of esters is 1. The van der Waals surface area contributed by atoms with Crippen LogP contribution in [-0.2, 0) is 14.3 Å². The van der Waals surface area contributed by atoms with E-state index in [1.807, 2.05) is 0 Å². The topological polar surface area (TPSA) is 116 Å². The molecule has 0 aromatic rings. The standard InChI is InChI=1S/C21H42O4.C4H10O3/c1-2-3-4-5-6-7-8-9-10-11-12-13-14-15-16-17-21(24)25-19-20(23)18-22;5-1-3-7-4-2-6/h20,22-23H,2-19H2,1H3;5-6H,1-4H2. The SMILES string of the molecule is CCCCCCCCCCCCCCCCCC(=O)OCC(O)CO.OCCOCCO. The molecule has 0 aromatic heterocycles. The fourth-order valence-corrected chi connectivity index (χ4v) is 3.19. The van der Waals surface area contributed by atoms with Crippen molar-refractivity contribution in [2.45, 2.75) is 116 Å². The fourth-order valence-electron chi connectivity index (χ4n) is 3.19. The van der Waals surface area contributed by atoms with Gasteiger partial charge in [-0.05, 0) is 6.42 Å². The number of carbonyl (C=O) groups excluding carboxylic acids is 1. The molecule has 0 fully saturated rings. The highest BCUT2D eigenvalue weighted by Gasteiger charge is 2.07. The van der Waals surface area contributed by atoms with Crippen LogP contribution in [-0.4, -0.2) is 72.1 Å². The maximum atomic E-state index is 11.4. The maximum absolute atomic E-state index is 11.4. The second-order valence-corrected chi connectivity index (χ2v) is 8.28. The smallest absolute Gasteiger partial charge is 0.305 e. The molecule has 0 aromatic carbocycles. The Hall–Kier alpha value is -0.730.